The third-order valence-electron chi connectivity index (χ3n) is 3.52. The fourth-order valence-electron chi connectivity index (χ4n) is 2.69. The van der Waals surface area contributed by atoms with E-state index in [2.05, 4.69) is 5.32 Å². The van der Waals surface area contributed by atoms with Gasteiger partial charge in [0.25, 0.3) is 0 Å². The van der Waals surface area contributed by atoms with E-state index in [1.807, 2.05) is 0 Å². The normalized spacial score (nSPS) is 28.6. The Kier molecular flexibility index (Phi) is 3.31. The Balaban J connectivity index is 2.09. The van der Waals surface area contributed by atoms with Gasteiger partial charge < -0.3 is 10.0 Å². The molecule has 1 aliphatic heterocycles. The number of fused-ring (bicyclic) bond motifs is 1. The van der Waals surface area contributed by atoms with Gasteiger partial charge in [-0.1, -0.05) is 12.8 Å². The van der Waals surface area contributed by atoms with Crippen molar-refractivity contribution in [3.8, 4) is 0 Å². The summed E-state index contributed by atoms with van der Waals surface area (Å²) in [6, 6.07) is -0.552. The second kappa shape index (κ2) is 4.73. The fraction of sp³-hybridized carbons (Fsp3) is 0.727. The third-order valence-corrected chi connectivity index (χ3v) is 3.52. The molecule has 94 valence electrons. The van der Waals surface area contributed by atoms with Gasteiger partial charge in [0.15, 0.2) is 0 Å². The molecule has 6 nitrogen and oxygen atoms in total. The van der Waals surface area contributed by atoms with Crippen LogP contribution in [0.15, 0.2) is 0 Å². The summed E-state index contributed by atoms with van der Waals surface area (Å²) in [5, 5.41) is 11.0. The highest BCUT2D eigenvalue weighted by molar-refractivity contribution is 5.98. The highest BCUT2D eigenvalue weighted by Gasteiger charge is 2.42. The Labute approximate surface area is 99.0 Å². The first-order valence-electron chi connectivity index (χ1n) is 5.93. The average Bonchev–Trinajstić information content (AvgIpc) is 2.28. The molecule has 2 atom stereocenters. The molecule has 0 aromatic rings. The lowest BCUT2D eigenvalue weighted by atomic mass is 9.81. The fourth-order valence-corrected chi connectivity index (χ4v) is 2.69. The largest absolute Gasteiger partial charge is 0.481 e. The molecule has 0 radical (unpaired) electrons. The lowest BCUT2D eigenvalue weighted by molar-refractivity contribution is -0.137. The number of carboxylic acid groups (broad SMARTS) is 1. The number of nitrogens with zero attached hydrogens (tertiary/aromatic N) is 1. The van der Waals surface area contributed by atoms with Crippen LogP contribution in [0.2, 0.25) is 0 Å². The summed E-state index contributed by atoms with van der Waals surface area (Å²) in [6.07, 6.45) is 3.49. The van der Waals surface area contributed by atoms with E-state index in [4.69, 9.17) is 5.11 Å². The molecule has 1 saturated heterocycles. The van der Waals surface area contributed by atoms with Crippen LogP contribution in [0.5, 0.6) is 0 Å². The maximum Gasteiger partial charge on any atom is 0.324 e. The summed E-state index contributed by atoms with van der Waals surface area (Å²) >= 11 is 0. The number of urea groups is 1. The molecule has 3 amide bonds. The number of rotatable bonds is 3. The number of imide groups is 1. The molecular weight excluding hydrogens is 224 g/mol. The second-order valence-electron chi connectivity index (χ2n) is 4.59. The third kappa shape index (κ3) is 2.40. The van der Waals surface area contributed by atoms with Crippen molar-refractivity contribution >= 4 is 17.9 Å². The Bertz CT molecular complexity index is 355. The highest BCUT2D eigenvalue weighted by Crippen LogP contribution is 2.31. The zero-order valence-electron chi connectivity index (χ0n) is 9.52. The van der Waals surface area contributed by atoms with Gasteiger partial charge in [0.05, 0.1) is 12.3 Å². The van der Waals surface area contributed by atoms with Gasteiger partial charge >= 0.3 is 12.0 Å². The molecule has 1 heterocycles. The Morgan fingerprint density at radius 3 is 2.76 bits per heavy atom. The van der Waals surface area contributed by atoms with Crippen LogP contribution in [0.1, 0.15) is 32.1 Å². The summed E-state index contributed by atoms with van der Waals surface area (Å²) < 4.78 is 0. The van der Waals surface area contributed by atoms with E-state index in [1.165, 1.54) is 4.90 Å². The van der Waals surface area contributed by atoms with Crippen molar-refractivity contribution in [3.05, 3.63) is 0 Å². The molecule has 2 rings (SSSR count). The quantitative estimate of drug-likeness (QED) is 0.755. The van der Waals surface area contributed by atoms with E-state index >= 15 is 0 Å². The van der Waals surface area contributed by atoms with Crippen LogP contribution in [0.3, 0.4) is 0 Å². The van der Waals surface area contributed by atoms with Gasteiger partial charge in [0, 0.05) is 12.6 Å². The number of aliphatic carboxylic acids is 1. The summed E-state index contributed by atoms with van der Waals surface area (Å²) in [6.45, 7) is 0.176. The molecule has 0 aromatic heterocycles. The van der Waals surface area contributed by atoms with Gasteiger partial charge in [-0.3, -0.25) is 14.9 Å². The maximum atomic E-state index is 11.7. The van der Waals surface area contributed by atoms with E-state index in [1.54, 1.807) is 0 Å². The predicted octanol–water partition coefficient (Wildman–Crippen LogP) is 0.572. The minimum atomic E-state index is -0.929. The number of carbonyl (C=O) groups excluding carboxylic acids is 2. The lowest BCUT2D eigenvalue weighted by Crippen LogP contribution is -2.61. The van der Waals surface area contributed by atoms with Crippen molar-refractivity contribution < 1.29 is 19.5 Å². The smallest absolute Gasteiger partial charge is 0.324 e. The van der Waals surface area contributed by atoms with Crippen molar-refractivity contribution in [2.45, 2.75) is 38.1 Å². The molecule has 2 N–H and O–H groups in total. The van der Waals surface area contributed by atoms with E-state index in [0.717, 1.165) is 25.7 Å². The van der Waals surface area contributed by atoms with Crippen molar-refractivity contribution in [2.24, 2.45) is 5.92 Å². The Morgan fingerprint density at radius 2 is 2.06 bits per heavy atom. The van der Waals surface area contributed by atoms with Crippen LogP contribution >= 0.6 is 0 Å². The number of nitrogens with one attached hydrogen (secondary N) is 1. The van der Waals surface area contributed by atoms with E-state index in [0.29, 0.717) is 0 Å². The van der Waals surface area contributed by atoms with Crippen molar-refractivity contribution in [1.29, 1.82) is 0 Å². The SMILES string of the molecule is O=C(O)CCN1C(=O)NC(=O)C2CCCCC21. The molecule has 1 aliphatic carbocycles. The zero-order chi connectivity index (χ0) is 12.4. The van der Waals surface area contributed by atoms with E-state index in [-0.39, 0.29) is 30.8 Å². The molecule has 2 aliphatic rings. The minimum Gasteiger partial charge on any atom is -0.481 e. The predicted molar refractivity (Wildman–Crippen MR) is 58.2 cm³/mol. The molecule has 6 heteroatoms. The summed E-state index contributed by atoms with van der Waals surface area (Å²) in [5.74, 6) is -1.29. The standard InChI is InChI=1S/C11H16N2O4/c14-9(15)5-6-13-8-4-2-1-3-7(8)10(16)12-11(13)17/h7-8H,1-6H2,(H,14,15)(H,12,16,17). The van der Waals surface area contributed by atoms with Gasteiger partial charge in [0.1, 0.15) is 0 Å². The lowest BCUT2D eigenvalue weighted by Gasteiger charge is -2.42. The first-order valence-corrected chi connectivity index (χ1v) is 5.93. The minimum absolute atomic E-state index is 0.0785. The molecule has 0 bridgehead atoms. The first kappa shape index (κ1) is 11.9. The monoisotopic (exact) mass is 240 g/mol. The zero-order valence-corrected chi connectivity index (χ0v) is 9.52. The number of carboxylic acids is 1. The topological polar surface area (TPSA) is 86.7 Å². The van der Waals surface area contributed by atoms with Gasteiger partial charge in [-0.25, -0.2) is 4.79 Å². The van der Waals surface area contributed by atoms with Crippen molar-refractivity contribution in [1.82, 2.24) is 10.2 Å². The molecule has 0 aromatic carbocycles. The van der Waals surface area contributed by atoms with Crippen molar-refractivity contribution in [2.75, 3.05) is 6.54 Å². The van der Waals surface area contributed by atoms with Crippen LogP contribution in [-0.2, 0) is 9.59 Å². The Hall–Kier alpha value is -1.59. The molecule has 0 spiro atoms. The molecular formula is C11H16N2O4. The molecule has 17 heavy (non-hydrogen) atoms. The Morgan fingerprint density at radius 1 is 1.35 bits per heavy atom. The van der Waals surface area contributed by atoms with Crippen LogP contribution in [0.25, 0.3) is 0 Å². The van der Waals surface area contributed by atoms with Crippen LogP contribution < -0.4 is 5.32 Å². The van der Waals surface area contributed by atoms with Crippen LogP contribution in [0, 0.1) is 5.92 Å². The molecule has 2 unspecified atom stereocenters. The first-order chi connectivity index (χ1) is 8.09. The van der Waals surface area contributed by atoms with E-state index < -0.39 is 12.0 Å². The van der Waals surface area contributed by atoms with Gasteiger partial charge in [-0.05, 0) is 12.8 Å². The number of hydrogen-bond acceptors (Lipinski definition) is 3. The number of amides is 3. The highest BCUT2D eigenvalue weighted by atomic mass is 16.4. The average molecular weight is 240 g/mol. The van der Waals surface area contributed by atoms with Gasteiger partial charge in [-0.15, -0.1) is 0 Å². The van der Waals surface area contributed by atoms with Gasteiger partial charge in [0.2, 0.25) is 5.91 Å². The summed E-state index contributed by atoms with van der Waals surface area (Å²) in [7, 11) is 0. The van der Waals surface area contributed by atoms with Crippen molar-refractivity contribution in [3.63, 3.8) is 0 Å². The maximum absolute atomic E-state index is 11.7. The summed E-state index contributed by atoms with van der Waals surface area (Å²) in [4.78, 5) is 35.4. The van der Waals surface area contributed by atoms with Crippen LogP contribution in [-0.4, -0.2) is 40.5 Å². The second-order valence-corrected chi connectivity index (χ2v) is 4.59. The molecule has 2 fully saturated rings. The number of hydrogen-bond donors (Lipinski definition) is 2. The van der Waals surface area contributed by atoms with E-state index in [9.17, 15) is 14.4 Å². The summed E-state index contributed by atoms with van der Waals surface area (Å²) in [5.41, 5.74) is 0. The van der Waals surface area contributed by atoms with Crippen LogP contribution in [0.4, 0.5) is 4.79 Å². The van der Waals surface area contributed by atoms with Gasteiger partial charge in [-0.2, -0.15) is 0 Å². The number of carbonyl (C=O) groups is 3. The molecule has 1 saturated carbocycles.